The molecule has 0 saturated carbocycles. The number of carbonyl (C=O) groups excluding carboxylic acids is 3. The highest BCUT2D eigenvalue weighted by Gasteiger charge is 2.70. The van der Waals surface area contributed by atoms with Crippen LogP contribution in [0.25, 0.3) is 0 Å². The van der Waals surface area contributed by atoms with Gasteiger partial charge in [0.15, 0.2) is 6.04 Å². The lowest BCUT2D eigenvalue weighted by atomic mass is 9.90. The molecule has 1 unspecified atom stereocenters. The van der Waals surface area contributed by atoms with Crippen LogP contribution in [0.5, 0.6) is 5.75 Å². The molecule has 2 fully saturated rings. The van der Waals surface area contributed by atoms with Gasteiger partial charge in [0, 0.05) is 25.2 Å². The molecule has 2 saturated heterocycles. The Morgan fingerprint density at radius 2 is 1.73 bits per heavy atom. The summed E-state index contributed by atoms with van der Waals surface area (Å²) < 4.78 is 25.6. The SMILES string of the molecule is O=C1NC(=O)C(O)(O)C(O)(O)C1N1C(=O)c2cccc(OCc3cc(CN4CCOCC4)ccc3F)c2C1(O)O. The van der Waals surface area contributed by atoms with Gasteiger partial charge >= 0.3 is 5.79 Å². The molecule has 14 nitrogen and oxygen atoms in total. The number of fused-ring (bicyclic) bond motifs is 1. The maximum atomic E-state index is 14.6. The first kappa shape index (κ1) is 28.0. The Morgan fingerprint density at radius 1 is 1.02 bits per heavy atom. The fourth-order valence-electron chi connectivity index (χ4n) is 4.98. The smallest absolute Gasteiger partial charge is 0.303 e. The number of imide groups is 1. The van der Waals surface area contributed by atoms with E-state index in [0.29, 0.717) is 32.8 Å². The Balaban J connectivity index is 1.43. The second-order valence-corrected chi connectivity index (χ2v) is 9.71. The number of benzene rings is 2. The van der Waals surface area contributed by atoms with E-state index in [4.69, 9.17) is 9.47 Å². The van der Waals surface area contributed by atoms with Crippen molar-refractivity contribution in [1.29, 1.82) is 0 Å². The molecule has 7 N–H and O–H groups in total. The van der Waals surface area contributed by atoms with Crippen molar-refractivity contribution in [2.24, 2.45) is 0 Å². The highest BCUT2D eigenvalue weighted by Crippen LogP contribution is 2.45. The van der Waals surface area contributed by atoms with Crippen molar-refractivity contribution in [3.05, 3.63) is 64.5 Å². The van der Waals surface area contributed by atoms with E-state index in [1.807, 2.05) is 0 Å². The average Bonchev–Trinajstić information content (AvgIpc) is 3.10. The second-order valence-electron chi connectivity index (χ2n) is 9.71. The number of aliphatic hydroxyl groups is 6. The van der Waals surface area contributed by atoms with Gasteiger partial charge in [-0.3, -0.25) is 29.5 Å². The third kappa shape index (κ3) is 4.42. The lowest BCUT2D eigenvalue weighted by molar-refractivity contribution is -0.374. The Hall–Kier alpha value is -3.54. The van der Waals surface area contributed by atoms with Gasteiger partial charge in [0.1, 0.15) is 18.2 Å². The minimum atomic E-state index is -4.06. The maximum Gasteiger partial charge on any atom is 0.303 e. The van der Waals surface area contributed by atoms with Gasteiger partial charge in [-0.25, -0.2) is 4.39 Å². The monoisotopic (exact) mass is 563 g/mol. The van der Waals surface area contributed by atoms with Crippen LogP contribution in [-0.2, 0) is 33.4 Å². The molecule has 15 heteroatoms. The fourth-order valence-corrected chi connectivity index (χ4v) is 4.98. The molecule has 3 aliphatic heterocycles. The van der Waals surface area contributed by atoms with Crippen LogP contribution in [0.2, 0.25) is 0 Å². The summed E-state index contributed by atoms with van der Waals surface area (Å²) in [6, 6.07) is 5.31. The molecule has 1 atom stereocenters. The third-order valence-electron chi connectivity index (χ3n) is 7.10. The molecular formula is C25H26FN3O11. The van der Waals surface area contributed by atoms with Crippen LogP contribution in [0.1, 0.15) is 27.0 Å². The average molecular weight is 563 g/mol. The van der Waals surface area contributed by atoms with E-state index in [1.165, 1.54) is 23.5 Å². The number of carbonyl (C=O) groups is 3. The van der Waals surface area contributed by atoms with Gasteiger partial charge in [-0.1, -0.05) is 12.1 Å². The van der Waals surface area contributed by atoms with Crippen molar-refractivity contribution in [1.82, 2.24) is 15.1 Å². The quantitative estimate of drug-likeness (QED) is 0.140. The predicted molar refractivity (Wildman–Crippen MR) is 127 cm³/mol. The third-order valence-corrected chi connectivity index (χ3v) is 7.10. The molecule has 0 aliphatic carbocycles. The molecule has 0 spiro atoms. The molecule has 3 aliphatic rings. The molecule has 0 radical (unpaired) electrons. The summed E-state index contributed by atoms with van der Waals surface area (Å²) in [5.41, 5.74) is -0.180. The van der Waals surface area contributed by atoms with E-state index >= 15 is 0 Å². The first-order valence-corrected chi connectivity index (χ1v) is 12.1. The Labute approximate surface area is 225 Å². The van der Waals surface area contributed by atoms with Gasteiger partial charge in [0.2, 0.25) is 0 Å². The Bertz CT molecular complexity index is 1370. The van der Waals surface area contributed by atoms with Crippen LogP contribution in [-0.4, -0.2) is 102 Å². The Morgan fingerprint density at radius 3 is 2.42 bits per heavy atom. The number of morpholine rings is 1. The number of piperidine rings is 1. The number of hydrogen-bond acceptors (Lipinski definition) is 12. The van der Waals surface area contributed by atoms with E-state index in [-0.39, 0.29) is 16.2 Å². The topological polar surface area (TPSA) is 210 Å². The molecule has 2 aromatic carbocycles. The van der Waals surface area contributed by atoms with Crippen LogP contribution in [0.15, 0.2) is 36.4 Å². The Kier molecular flexibility index (Phi) is 6.88. The highest BCUT2D eigenvalue weighted by molar-refractivity contribution is 6.09. The summed E-state index contributed by atoms with van der Waals surface area (Å²) in [5.74, 6) is -17.4. The van der Waals surface area contributed by atoms with Gasteiger partial charge in [-0.15, -0.1) is 0 Å². The minimum Gasteiger partial charge on any atom is -0.488 e. The summed E-state index contributed by atoms with van der Waals surface area (Å²) in [6.45, 7) is 2.71. The van der Waals surface area contributed by atoms with Gasteiger partial charge in [-0.2, -0.15) is 0 Å². The summed E-state index contributed by atoms with van der Waals surface area (Å²) in [6.07, 6.45) is 0. The number of nitrogens with zero attached hydrogens (tertiary/aromatic N) is 2. The molecule has 3 amide bonds. The van der Waals surface area contributed by atoms with E-state index < -0.39 is 64.8 Å². The van der Waals surface area contributed by atoms with E-state index in [0.717, 1.165) is 11.6 Å². The molecule has 0 bridgehead atoms. The van der Waals surface area contributed by atoms with Crippen LogP contribution in [0, 0.1) is 5.82 Å². The van der Waals surface area contributed by atoms with Gasteiger partial charge in [0.05, 0.1) is 24.3 Å². The lowest BCUT2D eigenvalue weighted by Gasteiger charge is -2.47. The zero-order valence-corrected chi connectivity index (χ0v) is 20.8. The zero-order valence-electron chi connectivity index (χ0n) is 20.8. The predicted octanol–water partition coefficient (Wildman–Crippen LogP) is -2.83. The van der Waals surface area contributed by atoms with Gasteiger partial charge < -0.3 is 40.1 Å². The van der Waals surface area contributed by atoms with Crippen LogP contribution in [0.3, 0.4) is 0 Å². The molecular weight excluding hydrogens is 537 g/mol. The first-order valence-electron chi connectivity index (χ1n) is 12.1. The number of nitrogens with one attached hydrogen (secondary N) is 1. The van der Waals surface area contributed by atoms with E-state index in [2.05, 4.69) is 4.90 Å². The van der Waals surface area contributed by atoms with E-state index in [9.17, 15) is 49.4 Å². The highest BCUT2D eigenvalue weighted by atomic mass is 19.1. The lowest BCUT2D eigenvalue weighted by Crippen LogP contribution is -2.80. The van der Waals surface area contributed by atoms with Crippen molar-refractivity contribution in [3.63, 3.8) is 0 Å². The second kappa shape index (κ2) is 9.83. The van der Waals surface area contributed by atoms with Crippen LogP contribution in [0.4, 0.5) is 4.39 Å². The van der Waals surface area contributed by atoms with Gasteiger partial charge in [0.25, 0.3) is 29.4 Å². The number of halogens is 1. The summed E-state index contributed by atoms with van der Waals surface area (Å²) >= 11 is 0. The summed E-state index contributed by atoms with van der Waals surface area (Å²) in [4.78, 5) is 39.5. The molecule has 40 heavy (non-hydrogen) atoms. The molecule has 214 valence electrons. The number of ether oxygens (including phenoxy) is 2. The van der Waals surface area contributed by atoms with Gasteiger partial charge in [-0.05, 0) is 29.8 Å². The van der Waals surface area contributed by atoms with E-state index in [1.54, 1.807) is 12.1 Å². The first-order chi connectivity index (χ1) is 18.8. The van der Waals surface area contributed by atoms with Crippen molar-refractivity contribution < 1.29 is 58.9 Å². The van der Waals surface area contributed by atoms with Crippen molar-refractivity contribution in [3.8, 4) is 5.75 Å². The molecule has 5 rings (SSSR count). The largest absolute Gasteiger partial charge is 0.488 e. The van der Waals surface area contributed by atoms with Crippen LogP contribution >= 0.6 is 0 Å². The minimum absolute atomic E-state index is 0.117. The van der Waals surface area contributed by atoms with Crippen molar-refractivity contribution in [2.75, 3.05) is 26.3 Å². The number of rotatable bonds is 6. The molecule has 3 heterocycles. The standard InChI is InChI=1S/C25H26FN3O11/c26-16-5-4-13(11-28-6-8-39-9-7-28)10-14(16)12-40-17-3-1-2-15-18(17)25(37,38)29(21(15)31)19-20(30)27-22(32)24(35,36)23(19,33)34/h1-5,10,19,33-38H,6-9,11-12H2,(H,27,30,32). The van der Waals surface area contributed by atoms with Crippen LogP contribution < -0.4 is 10.1 Å². The fraction of sp³-hybridized carbons (Fsp3) is 0.400. The van der Waals surface area contributed by atoms with Crippen molar-refractivity contribution in [2.45, 2.75) is 36.7 Å². The zero-order chi connectivity index (χ0) is 29.0. The summed E-state index contributed by atoms with van der Waals surface area (Å²) in [7, 11) is 0. The number of amides is 3. The normalized spacial score (nSPS) is 23.6. The number of hydrogen-bond donors (Lipinski definition) is 7. The summed E-state index contributed by atoms with van der Waals surface area (Å²) in [5, 5.41) is 64.1. The van der Waals surface area contributed by atoms with Crippen molar-refractivity contribution >= 4 is 17.7 Å². The molecule has 2 aromatic rings. The molecule has 0 aromatic heterocycles. The maximum absolute atomic E-state index is 14.6.